The summed E-state index contributed by atoms with van der Waals surface area (Å²) in [6.45, 7) is 9.34. The number of H-pyrrole nitrogens is 1. The van der Waals surface area contributed by atoms with Gasteiger partial charge >= 0.3 is 12.0 Å². The predicted molar refractivity (Wildman–Crippen MR) is 513 cm³/mol. The number of aromatic amines is 1. The zero-order chi connectivity index (χ0) is 103. The van der Waals surface area contributed by atoms with Crippen molar-refractivity contribution in [1.29, 1.82) is 0 Å². The number of benzene rings is 3. The number of carbonyl (C=O) groups excluding carboxylic acids is 19. The van der Waals surface area contributed by atoms with Gasteiger partial charge in [0.1, 0.15) is 96.9 Å². The summed E-state index contributed by atoms with van der Waals surface area (Å²) in [6.07, 6.45) is -1.12. The third-order valence-corrected chi connectivity index (χ3v) is 25.8. The van der Waals surface area contributed by atoms with E-state index in [0.717, 1.165) is 36.3 Å². The van der Waals surface area contributed by atoms with Crippen molar-refractivity contribution in [2.45, 2.75) is 261 Å². The molecule has 0 bridgehead atoms. The first kappa shape index (κ1) is 111. The van der Waals surface area contributed by atoms with Gasteiger partial charge in [-0.15, -0.1) is 11.8 Å². The van der Waals surface area contributed by atoms with E-state index < -0.39 is 291 Å². The number of phenols is 1. The number of rotatable bonds is 29. The van der Waals surface area contributed by atoms with Gasteiger partial charge in [0.25, 0.3) is 0 Å². The SMILES string of the molecule is CCCC[C@H]1C(=O)N(C)[C@@H](CCCC)C(=O)N[C@@H](CC(C)C)C(=O)N[C@H](C(=O)NCC(N)=O)CSCC(=O)N[C@@H](Cc2ccc(O)cc2)C(=O)N(C)[C@@H](C)C(=O)N[C@@H](CC(N)=O)C(=O)N2CCC[C@H]2C(=O)N[C@@H](CCC(N)=O)C(=O)N[C@@H](CC(C)C)C(=O)N2C[C@H](O)C[C@H]2C(=O)N[C@@H](Cc2c[nH]c3ccccc23)C(=O)N[C@@H](CCNC(N)=O)C(=O)N[C@@H](Cc2cn(CC(=O)O)c3ccccc23)C(=O)N1C. The number of carboxylic acids is 1. The van der Waals surface area contributed by atoms with Gasteiger partial charge in [0, 0.05) is 113 Å². The molecule has 20 amide bonds. The maximum Gasteiger partial charge on any atom is 0.323 e. The molecule has 0 unspecified atom stereocenters. The molecule has 15 atom stereocenters. The summed E-state index contributed by atoms with van der Waals surface area (Å²) < 4.78 is 1.41. The van der Waals surface area contributed by atoms with Crippen LogP contribution < -0.4 is 81.4 Å². The van der Waals surface area contributed by atoms with Gasteiger partial charge < -0.3 is 131 Å². The van der Waals surface area contributed by atoms with Gasteiger partial charge in [-0.25, -0.2) is 4.79 Å². The molecule has 2 aromatic heterocycles. The van der Waals surface area contributed by atoms with Crippen molar-refractivity contribution < 1.29 is 111 Å². The fraction of sp³-hybridized carbons (Fsp3) is 0.553. The number of carboxylic acid groups (broad SMARTS) is 1. The van der Waals surface area contributed by atoms with Crippen LogP contribution in [0.5, 0.6) is 5.75 Å². The average molecular weight is 1970 g/mol. The standard InChI is InChI=1S/C94H134N22O23S/c1-11-13-23-71-86(131)105-63(36-50(3)4)84(129)110-69(81(126)101-44-77(97)121)48-140-49-78(122)102-66(38-53-27-29-56(117)30-28-53)89(134)111(8)52(7)80(125)107-68(42-76(96)120)91(136)115-35-19-26-72(115)87(132)104-61(31-32-75(95)119)82(127)108-65(37-51(5)6)92(137)116-46-57(118)41-74(116)88(133)106-64(39-54-43-100-60-22-17-15-20-58(54)60)85(130)103-62(33-34-99-94(98)139)83(128)109-67(90(135)113(10)73(24-14-12-2)93(138)112(71)9)40-55-45-114(47-79(123)124)70-25-18-16-21-59(55)70/h15-18,20-22,25,27-30,43,45,50-52,57,61-69,71-74,100,117-118H,11-14,19,23-24,26,31-42,44,46-49H2,1-10H3,(H2,95,119)(H2,96,120)(H2,97,121)(H,101,126)(H,102,122)(H,103,130)(H,104,132)(H,105,131)(H,106,133)(H,107,125)(H,108,127)(H,109,128)(H,110,129)(H,123,124)(H3,98,99,139)/t52-,57+,61-,62-,63-,64-,65-,66-,67-,68-,69-,71-,72-,73-,74-/m0/s1. The Labute approximate surface area is 814 Å². The number of likely N-dealkylation sites (N-methyl/N-ethyl adjacent to an activating group) is 3. The number of unbranched alkanes of at least 4 members (excludes halogenated alkanes) is 2. The van der Waals surface area contributed by atoms with E-state index in [1.165, 1.54) is 63.1 Å². The molecule has 46 heteroatoms. The number of nitrogens with zero attached hydrogens (tertiary/aromatic N) is 6. The van der Waals surface area contributed by atoms with E-state index in [-0.39, 0.29) is 76.0 Å². The lowest BCUT2D eigenvalue weighted by atomic mass is 9.99. The summed E-state index contributed by atoms with van der Waals surface area (Å²) in [6, 6.07) is -4.50. The third-order valence-electron chi connectivity index (χ3n) is 24.8. The van der Waals surface area contributed by atoms with Crippen LogP contribution in [0.2, 0.25) is 0 Å². The maximum atomic E-state index is 16.1. The highest BCUT2D eigenvalue weighted by Crippen LogP contribution is 2.29. The van der Waals surface area contributed by atoms with Gasteiger partial charge in [-0.3, -0.25) is 91.1 Å². The molecule has 23 N–H and O–H groups in total. The molecule has 140 heavy (non-hydrogen) atoms. The molecule has 3 fully saturated rings. The number of aliphatic hydroxyl groups is 1. The van der Waals surface area contributed by atoms with Crippen molar-refractivity contribution in [3.8, 4) is 5.75 Å². The molecule has 3 aliphatic rings. The number of fused-ring (bicyclic) bond motifs is 4. The number of primary amides is 4. The lowest BCUT2D eigenvalue weighted by Gasteiger charge is -2.36. The zero-order valence-corrected chi connectivity index (χ0v) is 81.3. The molecule has 0 radical (unpaired) electrons. The number of aromatic hydroxyl groups is 1. The highest BCUT2D eigenvalue weighted by molar-refractivity contribution is 8.00. The molecule has 3 saturated heterocycles. The number of hydrogen-bond donors (Lipinski definition) is 19. The number of urea groups is 1. The van der Waals surface area contributed by atoms with E-state index in [4.69, 9.17) is 22.9 Å². The van der Waals surface area contributed by atoms with E-state index in [9.17, 15) is 77.6 Å². The first-order valence-electron chi connectivity index (χ1n) is 47.0. The second-order valence-electron chi connectivity index (χ2n) is 36.6. The molecule has 0 saturated carbocycles. The highest BCUT2D eigenvalue weighted by atomic mass is 32.2. The first-order chi connectivity index (χ1) is 66.3. The average Bonchev–Trinajstić information content (AvgIpc) is 1.59. The van der Waals surface area contributed by atoms with Crippen LogP contribution in [-0.4, -0.2) is 317 Å². The lowest BCUT2D eigenvalue weighted by molar-refractivity contribution is -0.149. The van der Waals surface area contributed by atoms with Crippen LogP contribution in [-0.2, 0) is 117 Å². The molecule has 764 valence electrons. The predicted octanol–water partition coefficient (Wildman–Crippen LogP) is -2.22. The van der Waals surface area contributed by atoms with Gasteiger partial charge in [-0.2, -0.15) is 0 Å². The van der Waals surface area contributed by atoms with Crippen molar-refractivity contribution >= 4 is 152 Å². The molecule has 0 aliphatic carbocycles. The van der Waals surface area contributed by atoms with Crippen molar-refractivity contribution in [3.05, 3.63) is 102 Å². The fourth-order valence-corrected chi connectivity index (χ4v) is 18.2. The quantitative estimate of drug-likeness (QED) is 0.0241. The van der Waals surface area contributed by atoms with Gasteiger partial charge in [0.2, 0.25) is 106 Å². The Morgan fingerprint density at radius 3 is 1.70 bits per heavy atom. The lowest BCUT2D eigenvalue weighted by Crippen LogP contribution is -2.61. The van der Waals surface area contributed by atoms with Crippen LogP contribution in [0.15, 0.2) is 85.2 Å². The van der Waals surface area contributed by atoms with Crippen molar-refractivity contribution in [3.63, 3.8) is 0 Å². The van der Waals surface area contributed by atoms with Crippen molar-refractivity contribution in [1.82, 2.24) is 92.5 Å². The number of aliphatic carboxylic acids is 1. The normalized spacial score (nSPS) is 24.3. The number of phenolic OH excluding ortho intramolecular Hbond substituents is 1. The second-order valence-corrected chi connectivity index (χ2v) is 37.6. The van der Waals surface area contributed by atoms with E-state index in [1.54, 1.807) is 82.4 Å². The number of amides is 20. The molecule has 3 aliphatic heterocycles. The molecule has 5 heterocycles. The third kappa shape index (κ3) is 31.8. The Bertz CT molecular complexity index is 5320. The summed E-state index contributed by atoms with van der Waals surface area (Å²) in [7, 11) is 3.83. The van der Waals surface area contributed by atoms with Crippen LogP contribution >= 0.6 is 11.8 Å². The van der Waals surface area contributed by atoms with Crippen LogP contribution in [0.1, 0.15) is 161 Å². The minimum absolute atomic E-state index is 0.0291. The van der Waals surface area contributed by atoms with E-state index in [2.05, 4.69) is 63.5 Å². The topological polar surface area (TPSA) is 675 Å². The van der Waals surface area contributed by atoms with Gasteiger partial charge in [-0.05, 0) is 111 Å². The van der Waals surface area contributed by atoms with Crippen LogP contribution in [0.3, 0.4) is 0 Å². The monoisotopic (exact) mass is 1970 g/mol. The molecule has 0 spiro atoms. The summed E-state index contributed by atoms with van der Waals surface area (Å²) in [5.41, 5.74) is 24.5. The number of thioether (sulfide) groups is 1. The Kier molecular flexibility index (Phi) is 41.9. The molecule has 3 aromatic carbocycles. The molecular formula is C94H134N22O23S. The molecule has 5 aromatic rings. The van der Waals surface area contributed by atoms with Crippen molar-refractivity contribution in [2.24, 2.45) is 34.8 Å². The number of hydrogen-bond acceptors (Lipinski definition) is 23. The smallest absolute Gasteiger partial charge is 0.323 e. The maximum absolute atomic E-state index is 16.1. The van der Waals surface area contributed by atoms with Gasteiger partial charge in [0.15, 0.2) is 0 Å². The van der Waals surface area contributed by atoms with Crippen molar-refractivity contribution in [2.75, 3.05) is 58.8 Å². The number of nitrogens with one attached hydrogen (secondary N) is 12. The number of nitrogens with two attached hydrogens (primary N) is 4. The van der Waals surface area contributed by atoms with E-state index >= 15 is 33.6 Å². The summed E-state index contributed by atoms with van der Waals surface area (Å²) in [4.78, 5) is 298. The van der Waals surface area contributed by atoms with E-state index in [0.29, 0.717) is 57.8 Å². The van der Waals surface area contributed by atoms with Crippen LogP contribution in [0.4, 0.5) is 4.79 Å². The second kappa shape index (κ2) is 52.7. The summed E-state index contributed by atoms with van der Waals surface area (Å²) in [5.74, 6) is -20.8. The largest absolute Gasteiger partial charge is 0.508 e. The highest BCUT2D eigenvalue weighted by Gasteiger charge is 2.47. The van der Waals surface area contributed by atoms with Crippen LogP contribution in [0.25, 0.3) is 21.8 Å². The van der Waals surface area contributed by atoms with E-state index in [1.807, 2.05) is 13.8 Å². The Morgan fingerprint density at radius 1 is 0.521 bits per heavy atom. The summed E-state index contributed by atoms with van der Waals surface area (Å²) in [5, 5.41) is 61.7. The Hall–Kier alpha value is -14.0. The Morgan fingerprint density at radius 2 is 1.06 bits per heavy atom. The Balaban J connectivity index is 1.24. The number of carbonyl (C=O) groups is 20. The van der Waals surface area contributed by atoms with Crippen LogP contribution in [0, 0.1) is 11.8 Å². The number of aliphatic hydroxyl groups excluding tert-OH is 1. The zero-order valence-electron chi connectivity index (χ0n) is 80.5. The van der Waals surface area contributed by atoms with Gasteiger partial charge in [0.05, 0.1) is 24.8 Å². The first-order valence-corrected chi connectivity index (χ1v) is 48.1. The summed E-state index contributed by atoms with van der Waals surface area (Å²) >= 11 is 0.766. The minimum atomic E-state index is -1.82. The molecular weight excluding hydrogens is 1840 g/mol. The fourth-order valence-electron chi connectivity index (χ4n) is 17.3. The molecule has 8 rings (SSSR count). The number of aromatic nitrogens is 2. The molecule has 45 nitrogen and oxygen atoms in total. The number of para-hydroxylation sites is 2. The minimum Gasteiger partial charge on any atom is -0.508 e. The van der Waals surface area contributed by atoms with Gasteiger partial charge in [-0.1, -0.05) is 116 Å².